The fraction of sp³-hybridized carbons (Fsp3) is 0.600. The van der Waals surface area contributed by atoms with Crippen molar-refractivity contribution in [3.63, 3.8) is 0 Å². The van der Waals surface area contributed by atoms with E-state index in [2.05, 4.69) is 42.5 Å². The molecular weight excluding hydrogens is 550 g/mol. The van der Waals surface area contributed by atoms with E-state index in [9.17, 15) is 23.9 Å². The van der Waals surface area contributed by atoms with E-state index in [1.165, 1.54) is 0 Å². The van der Waals surface area contributed by atoms with Crippen LogP contribution in [-0.4, -0.2) is 69.3 Å². The third-order valence-corrected chi connectivity index (χ3v) is 8.78. The van der Waals surface area contributed by atoms with Crippen LogP contribution in [0.25, 0.3) is 10.4 Å². The van der Waals surface area contributed by atoms with Crippen molar-refractivity contribution in [1.82, 2.24) is 20.5 Å². The summed E-state index contributed by atoms with van der Waals surface area (Å²) in [7, 11) is 0. The molecule has 0 bridgehead atoms. The van der Waals surface area contributed by atoms with Crippen LogP contribution in [0.5, 0.6) is 0 Å². The number of likely N-dealkylation sites (tertiary alicyclic amines) is 1. The Labute approximate surface area is 243 Å². The summed E-state index contributed by atoms with van der Waals surface area (Å²) in [5, 5.41) is 15.6. The summed E-state index contributed by atoms with van der Waals surface area (Å²) < 4.78 is 29.7. The number of aliphatic hydroxyl groups excluding tert-OH is 1. The maximum Gasteiger partial charge on any atom is 0.258 e. The van der Waals surface area contributed by atoms with Gasteiger partial charge in [-0.3, -0.25) is 14.4 Å². The first-order valence-corrected chi connectivity index (χ1v) is 14.8. The highest BCUT2D eigenvalue weighted by Gasteiger charge is 2.54. The monoisotopic (exact) mass is 590 g/mol. The van der Waals surface area contributed by atoms with Crippen molar-refractivity contribution in [3.8, 4) is 10.4 Å². The Morgan fingerprint density at radius 1 is 1.20 bits per heavy atom. The number of aliphatic hydroxyl groups is 1. The predicted octanol–water partition coefficient (Wildman–Crippen LogP) is 3.98. The molecule has 41 heavy (non-hydrogen) atoms. The number of carbonyl (C=O) groups is 3. The molecule has 0 spiro atoms. The van der Waals surface area contributed by atoms with Crippen LogP contribution in [0, 0.1) is 12.3 Å². The van der Waals surface area contributed by atoms with E-state index in [0.29, 0.717) is 0 Å². The van der Waals surface area contributed by atoms with Crippen molar-refractivity contribution in [1.29, 1.82) is 0 Å². The standard InChI is InChI=1S/C30H40F2N4O4S/c1-16-23(41-15-34-16)17-8-9-18(19(12-17)28(2,3)4)13-33-25(38)22-21(31)20(37)14-36(22)26(39)24(29(5,6)7)35-27(40)30(32)10-11-30/h8-9,12,15,20-22,24,37H,10-11,13-14H2,1-7H3,(H,33,38)(H,35,40)/t20-,21-,22-,24+/m0/s1. The molecule has 1 aromatic heterocycles. The average Bonchev–Trinajstić information content (AvgIpc) is 3.37. The lowest BCUT2D eigenvalue weighted by Gasteiger charge is -2.35. The lowest BCUT2D eigenvalue weighted by molar-refractivity contribution is -0.145. The van der Waals surface area contributed by atoms with Gasteiger partial charge in [0, 0.05) is 6.54 Å². The molecular formula is C30H40F2N4O4S. The second-order valence-corrected chi connectivity index (χ2v) is 14.1. The summed E-state index contributed by atoms with van der Waals surface area (Å²) in [5.41, 5.74) is 2.43. The van der Waals surface area contributed by atoms with E-state index in [4.69, 9.17) is 0 Å². The van der Waals surface area contributed by atoms with Gasteiger partial charge in [-0.15, -0.1) is 11.3 Å². The summed E-state index contributed by atoms with van der Waals surface area (Å²) in [5.74, 6) is -2.39. The highest BCUT2D eigenvalue weighted by Crippen LogP contribution is 2.40. The number of nitrogens with zero attached hydrogens (tertiary/aromatic N) is 2. The maximum atomic E-state index is 15.2. The Morgan fingerprint density at radius 3 is 2.39 bits per heavy atom. The van der Waals surface area contributed by atoms with Crippen LogP contribution < -0.4 is 10.6 Å². The van der Waals surface area contributed by atoms with Gasteiger partial charge in [0.15, 0.2) is 11.8 Å². The number of nitrogens with one attached hydrogen (secondary N) is 2. The van der Waals surface area contributed by atoms with Crippen LogP contribution in [0.3, 0.4) is 0 Å². The number of rotatable bonds is 7. The van der Waals surface area contributed by atoms with Gasteiger partial charge < -0.3 is 20.6 Å². The number of amides is 3. The summed E-state index contributed by atoms with van der Waals surface area (Å²) in [6, 6.07) is 3.13. The molecule has 1 aliphatic heterocycles. The highest BCUT2D eigenvalue weighted by atomic mass is 32.1. The minimum atomic E-state index is -2.02. The Kier molecular flexibility index (Phi) is 8.36. The molecule has 4 atom stereocenters. The molecule has 4 rings (SSSR count). The first kappa shape index (κ1) is 31.0. The van der Waals surface area contributed by atoms with Crippen molar-refractivity contribution in [2.45, 2.75) is 103 Å². The van der Waals surface area contributed by atoms with Crippen LogP contribution in [0.1, 0.15) is 71.2 Å². The SMILES string of the molecule is Cc1ncsc1-c1ccc(CNC(=O)[C@@H]2[C@@H](F)[C@@H](O)CN2C(=O)[C@@H](NC(=O)C2(F)CC2)C(C)(C)C)c(C(C)(C)C)c1. The second-order valence-electron chi connectivity index (χ2n) is 13.3. The Hall–Kier alpha value is -2.92. The second kappa shape index (κ2) is 11.1. The van der Waals surface area contributed by atoms with Crippen LogP contribution in [0.15, 0.2) is 23.7 Å². The van der Waals surface area contributed by atoms with Crippen LogP contribution in [0.2, 0.25) is 0 Å². The summed E-state index contributed by atoms with van der Waals surface area (Å²) in [6.45, 7) is 12.9. The Morgan fingerprint density at radius 2 is 1.85 bits per heavy atom. The molecule has 0 radical (unpaired) electrons. The first-order chi connectivity index (χ1) is 18.9. The molecule has 1 saturated heterocycles. The van der Waals surface area contributed by atoms with Crippen molar-refractivity contribution in [3.05, 3.63) is 40.5 Å². The van der Waals surface area contributed by atoms with Gasteiger partial charge in [-0.2, -0.15) is 0 Å². The molecule has 1 aliphatic carbocycles. The Bertz CT molecular complexity index is 1330. The maximum absolute atomic E-state index is 15.2. The van der Waals surface area contributed by atoms with Crippen molar-refractivity contribution >= 4 is 29.1 Å². The van der Waals surface area contributed by atoms with E-state index < -0.39 is 59.7 Å². The molecule has 8 nitrogen and oxygen atoms in total. The molecule has 1 saturated carbocycles. The third-order valence-electron chi connectivity index (χ3n) is 7.80. The van der Waals surface area contributed by atoms with E-state index in [-0.39, 0.29) is 24.8 Å². The van der Waals surface area contributed by atoms with Gasteiger partial charge in [0.25, 0.3) is 5.91 Å². The zero-order valence-corrected chi connectivity index (χ0v) is 25.5. The van der Waals surface area contributed by atoms with Gasteiger partial charge in [-0.25, -0.2) is 13.8 Å². The zero-order chi connectivity index (χ0) is 30.5. The van der Waals surface area contributed by atoms with E-state index in [0.717, 1.165) is 32.2 Å². The fourth-order valence-electron chi connectivity index (χ4n) is 5.16. The number of aromatic nitrogens is 1. The topological polar surface area (TPSA) is 112 Å². The summed E-state index contributed by atoms with van der Waals surface area (Å²) in [4.78, 5) is 45.9. The third kappa shape index (κ3) is 6.45. The number of carbonyl (C=O) groups excluding carboxylic acids is 3. The molecule has 2 fully saturated rings. The normalized spacial score (nSPS) is 22.8. The van der Waals surface area contributed by atoms with Crippen LogP contribution >= 0.6 is 11.3 Å². The van der Waals surface area contributed by atoms with Crippen LogP contribution in [0.4, 0.5) is 8.78 Å². The largest absolute Gasteiger partial charge is 0.388 e. The van der Waals surface area contributed by atoms with Gasteiger partial charge in [-0.1, -0.05) is 53.7 Å². The van der Waals surface area contributed by atoms with Gasteiger partial charge >= 0.3 is 0 Å². The van der Waals surface area contributed by atoms with Gasteiger partial charge in [0.1, 0.15) is 18.2 Å². The quantitative estimate of drug-likeness (QED) is 0.452. The lowest BCUT2D eigenvalue weighted by atomic mass is 9.82. The molecule has 3 N–H and O–H groups in total. The van der Waals surface area contributed by atoms with Gasteiger partial charge in [0.2, 0.25) is 11.8 Å². The zero-order valence-electron chi connectivity index (χ0n) is 24.7. The number of alkyl halides is 2. The molecule has 2 heterocycles. The number of thiazole rings is 1. The lowest BCUT2D eigenvalue weighted by Crippen LogP contribution is -2.59. The molecule has 3 amide bonds. The molecule has 224 valence electrons. The van der Waals surface area contributed by atoms with E-state index in [1.54, 1.807) is 37.6 Å². The fourth-order valence-corrected chi connectivity index (χ4v) is 5.96. The number of hydrogen-bond donors (Lipinski definition) is 3. The minimum Gasteiger partial charge on any atom is -0.388 e. The number of halogens is 2. The molecule has 2 aliphatic rings. The number of aryl methyl sites for hydroxylation is 1. The Balaban J connectivity index is 1.55. The smallest absolute Gasteiger partial charge is 0.258 e. The molecule has 0 unspecified atom stereocenters. The van der Waals surface area contributed by atoms with Crippen molar-refractivity contribution in [2.24, 2.45) is 5.41 Å². The van der Waals surface area contributed by atoms with Crippen molar-refractivity contribution in [2.75, 3.05) is 6.54 Å². The molecule has 1 aromatic carbocycles. The van der Waals surface area contributed by atoms with Gasteiger partial charge in [-0.05, 0) is 53.4 Å². The van der Waals surface area contributed by atoms with Crippen molar-refractivity contribution < 1.29 is 28.3 Å². The number of hydrogen-bond acceptors (Lipinski definition) is 6. The summed E-state index contributed by atoms with van der Waals surface area (Å²) >= 11 is 1.55. The average molecular weight is 591 g/mol. The molecule has 11 heteroatoms. The first-order valence-electron chi connectivity index (χ1n) is 13.9. The van der Waals surface area contributed by atoms with E-state index >= 15 is 4.39 Å². The minimum absolute atomic E-state index is 0.0747. The summed E-state index contributed by atoms with van der Waals surface area (Å²) in [6.07, 6.45) is -3.45. The van der Waals surface area contributed by atoms with E-state index in [1.807, 2.05) is 19.1 Å². The molecule has 2 aromatic rings. The predicted molar refractivity (Wildman–Crippen MR) is 154 cm³/mol. The number of β-amino-alcohol motifs (C(OH)–C–C–N with tert-alkyl or cyclic N) is 1. The number of benzene rings is 1. The highest BCUT2D eigenvalue weighted by molar-refractivity contribution is 7.13. The van der Waals surface area contributed by atoms with Gasteiger partial charge in [0.05, 0.1) is 22.6 Å². The van der Waals surface area contributed by atoms with Crippen LogP contribution in [-0.2, 0) is 26.3 Å².